The lowest BCUT2D eigenvalue weighted by atomic mass is 9.78. The molecule has 3 aromatic carbocycles. The third-order valence-electron chi connectivity index (χ3n) is 7.75. The average molecular weight is 694 g/mol. The highest BCUT2D eigenvalue weighted by Gasteiger charge is 2.49. The number of amides is 1. The van der Waals surface area contributed by atoms with Crippen molar-refractivity contribution in [2.24, 2.45) is 5.92 Å². The van der Waals surface area contributed by atoms with E-state index in [4.69, 9.17) is 4.43 Å². The molecule has 0 N–H and O–H groups in total. The molecule has 1 aliphatic heterocycles. The molecule has 4 rings (SSSR count). The Balaban J connectivity index is 1.61. The van der Waals surface area contributed by atoms with Crippen molar-refractivity contribution in [3.8, 4) is 0 Å². The second-order valence-corrected chi connectivity index (χ2v) is 18.2. The maximum absolute atomic E-state index is 13.7. The first kappa shape index (κ1) is 28.5. The zero-order chi connectivity index (χ0) is 27.0. The number of halogens is 3. The summed E-state index contributed by atoms with van der Waals surface area (Å²) in [6.07, 6.45) is 1.20. The number of anilines is 1. The minimum atomic E-state index is -2.10. The summed E-state index contributed by atoms with van der Waals surface area (Å²) in [5.41, 5.74) is 3.00. The Morgan fingerprint density at radius 2 is 1.59 bits per heavy atom. The second kappa shape index (κ2) is 11.3. The number of β-lactam (4-membered cyclic amide) rings is 1. The number of carbonyl (C=O) groups is 1. The fourth-order valence-electron chi connectivity index (χ4n) is 4.60. The SMILES string of the molecule is CC(C)(C)[Si](C)(C)O[C@@H](CC[C@H]1C(=O)N(c2ccc(I)cc2)[C@@H]1c1ccc(Br)cc1)c1ccc(F)cc1. The summed E-state index contributed by atoms with van der Waals surface area (Å²) in [7, 11) is -2.10. The van der Waals surface area contributed by atoms with Crippen LogP contribution in [-0.2, 0) is 9.22 Å². The summed E-state index contributed by atoms with van der Waals surface area (Å²) in [5, 5.41) is 0.0408. The second-order valence-electron chi connectivity index (χ2n) is 11.3. The maximum Gasteiger partial charge on any atom is 0.233 e. The number of benzene rings is 3. The Kier molecular flexibility index (Phi) is 8.68. The summed E-state index contributed by atoms with van der Waals surface area (Å²) >= 11 is 5.81. The molecule has 0 aliphatic carbocycles. The molecule has 7 heteroatoms. The fraction of sp³-hybridized carbons (Fsp3) is 0.367. The predicted molar refractivity (Wildman–Crippen MR) is 164 cm³/mol. The van der Waals surface area contributed by atoms with Gasteiger partial charge in [0, 0.05) is 13.7 Å². The molecule has 0 unspecified atom stereocenters. The Morgan fingerprint density at radius 3 is 2.16 bits per heavy atom. The molecule has 196 valence electrons. The van der Waals surface area contributed by atoms with Crippen molar-refractivity contribution in [3.05, 3.63) is 97.8 Å². The molecule has 0 bridgehead atoms. The maximum atomic E-state index is 13.7. The van der Waals surface area contributed by atoms with Crippen LogP contribution >= 0.6 is 38.5 Å². The molecule has 1 amide bonds. The fourth-order valence-corrected chi connectivity index (χ4v) is 6.54. The summed E-state index contributed by atoms with van der Waals surface area (Å²) in [6, 6.07) is 22.9. The lowest BCUT2D eigenvalue weighted by Crippen LogP contribution is -2.55. The highest BCUT2D eigenvalue weighted by atomic mass is 127. The van der Waals surface area contributed by atoms with Crippen molar-refractivity contribution >= 4 is 58.4 Å². The average Bonchev–Trinajstić information content (AvgIpc) is 2.83. The quantitative estimate of drug-likeness (QED) is 0.134. The van der Waals surface area contributed by atoms with E-state index in [1.807, 2.05) is 53.4 Å². The highest BCUT2D eigenvalue weighted by molar-refractivity contribution is 14.1. The van der Waals surface area contributed by atoms with E-state index in [9.17, 15) is 9.18 Å². The van der Waals surface area contributed by atoms with Gasteiger partial charge in [-0.25, -0.2) is 4.39 Å². The smallest absolute Gasteiger partial charge is 0.233 e. The number of nitrogens with zero attached hydrogens (tertiary/aromatic N) is 1. The zero-order valence-electron chi connectivity index (χ0n) is 22.0. The van der Waals surface area contributed by atoms with Gasteiger partial charge in [-0.2, -0.15) is 0 Å². The van der Waals surface area contributed by atoms with Crippen molar-refractivity contribution in [1.29, 1.82) is 0 Å². The summed E-state index contributed by atoms with van der Waals surface area (Å²) in [6.45, 7) is 11.1. The molecule has 1 saturated heterocycles. The van der Waals surface area contributed by atoms with E-state index in [1.165, 1.54) is 12.1 Å². The van der Waals surface area contributed by atoms with Crippen molar-refractivity contribution in [2.75, 3.05) is 4.90 Å². The van der Waals surface area contributed by atoms with Crippen molar-refractivity contribution in [1.82, 2.24) is 0 Å². The molecule has 1 fully saturated rings. The molecule has 0 aromatic heterocycles. The van der Waals surface area contributed by atoms with Gasteiger partial charge < -0.3 is 9.33 Å². The van der Waals surface area contributed by atoms with Crippen LogP contribution in [0.4, 0.5) is 10.1 Å². The van der Waals surface area contributed by atoms with E-state index in [2.05, 4.69) is 84.5 Å². The zero-order valence-corrected chi connectivity index (χ0v) is 26.7. The number of hydrogen-bond donors (Lipinski definition) is 0. The van der Waals surface area contributed by atoms with Crippen molar-refractivity contribution in [2.45, 2.75) is 63.9 Å². The lowest BCUT2D eigenvalue weighted by molar-refractivity contribution is -0.131. The van der Waals surface area contributed by atoms with Gasteiger partial charge in [0.2, 0.25) is 5.91 Å². The minimum absolute atomic E-state index is 0.0394. The first-order valence-electron chi connectivity index (χ1n) is 12.6. The number of carbonyl (C=O) groups excluding carboxylic acids is 1. The van der Waals surface area contributed by atoms with Gasteiger partial charge in [-0.15, -0.1) is 0 Å². The van der Waals surface area contributed by atoms with Crippen LogP contribution in [0, 0.1) is 15.3 Å². The summed E-state index contributed by atoms with van der Waals surface area (Å²) in [4.78, 5) is 15.5. The van der Waals surface area contributed by atoms with Crippen LogP contribution in [0.25, 0.3) is 0 Å². The van der Waals surface area contributed by atoms with E-state index in [0.29, 0.717) is 12.8 Å². The van der Waals surface area contributed by atoms with Crippen LogP contribution in [0.2, 0.25) is 18.1 Å². The lowest BCUT2D eigenvalue weighted by Gasteiger charge is -2.48. The molecular weight excluding hydrogens is 660 g/mol. The van der Waals surface area contributed by atoms with Gasteiger partial charge in [0.1, 0.15) is 5.82 Å². The Morgan fingerprint density at radius 1 is 1.00 bits per heavy atom. The van der Waals surface area contributed by atoms with E-state index in [1.54, 1.807) is 0 Å². The molecule has 0 saturated carbocycles. The van der Waals surface area contributed by atoms with E-state index >= 15 is 0 Å². The Hall–Kier alpha value is -1.55. The Labute approximate surface area is 243 Å². The van der Waals surface area contributed by atoms with Gasteiger partial charge in [-0.05, 0) is 113 Å². The molecule has 3 atom stereocenters. The van der Waals surface area contributed by atoms with Gasteiger partial charge in [0.25, 0.3) is 0 Å². The molecule has 1 aliphatic rings. The first-order chi connectivity index (χ1) is 17.4. The number of hydrogen-bond acceptors (Lipinski definition) is 2. The molecule has 0 spiro atoms. The topological polar surface area (TPSA) is 29.5 Å². The van der Waals surface area contributed by atoms with Crippen molar-refractivity contribution in [3.63, 3.8) is 0 Å². The van der Waals surface area contributed by atoms with E-state index < -0.39 is 8.32 Å². The van der Waals surface area contributed by atoms with Crippen LogP contribution < -0.4 is 4.90 Å². The standard InChI is InChI=1S/C30H34BrFINO2Si/c1-30(2,3)37(4,5)36-27(20-8-12-23(32)13-9-20)19-18-26-28(21-6-10-22(31)11-7-21)34(29(26)35)25-16-14-24(33)15-17-25/h6-17,26-28H,18-19H2,1-5H3/t26-,27+,28-/m1/s1. The van der Waals surface area contributed by atoms with E-state index in [0.717, 1.165) is 24.9 Å². The third-order valence-corrected chi connectivity index (χ3v) is 13.5. The van der Waals surface area contributed by atoms with Gasteiger partial charge in [-0.3, -0.25) is 4.79 Å². The molecule has 3 nitrogen and oxygen atoms in total. The van der Waals surface area contributed by atoms with E-state index in [-0.39, 0.29) is 34.8 Å². The third kappa shape index (κ3) is 6.37. The summed E-state index contributed by atoms with van der Waals surface area (Å²) < 4.78 is 22.7. The largest absolute Gasteiger partial charge is 0.410 e. The van der Waals surface area contributed by atoms with Gasteiger partial charge in [0.15, 0.2) is 8.32 Å². The van der Waals surface area contributed by atoms with Crippen LogP contribution in [-0.4, -0.2) is 14.2 Å². The Bertz CT molecular complexity index is 1230. The van der Waals surface area contributed by atoms with Gasteiger partial charge >= 0.3 is 0 Å². The molecule has 0 radical (unpaired) electrons. The minimum Gasteiger partial charge on any atom is -0.410 e. The molecule has 37 heavy (non-hydrogen) atoms. The molecular formula is C30H34BrFINO2Si. The first-order valence-corrected chi connectivity index (χ1v) is 17.4. The van der Waals surface area contributed by atoms with Crippen LogP contribution in [0.1, 0.15) is 56.9 Å². The number of rotatable bonds is 8. The van der Waals surface area contributed by atoms with Crippen LogP contribution in [0.15, 0.2) is 77.3 Å². The molecule has 1 heterocycles. The summed E-state index contributed by atoms with van der Waals surface area (Å²) in [5.74, 6) is -0.266. The highest BCUT2D eigenvalue weighted by Crippen LogP contribution is 2.48. The van der Waals surface area contributed by atoms with Gasteiger partial charge in [0.05, 0.1) is 18.1 Å². The normalized spacial score (nSPS) is 19.0. The van der Waals surface area contributed by atoms with Gasteiger partial charge in [-0.1, -0.05) is 61.0 Å². The monoisotopic (exact) mass is 693 g/mol. The molecule has 3 aromatic rings. The van der Waals surface area contributed by atoms with Crippen LogP contribution in [0.5, 0.6) is 0 Å². The van der Waals surface area contributed by atoms with Crippen LogP contribution in [0.3, 0.4) is 0 Å². The van der Waals surface area contributed by atoms with Crippen molar-refractivity contribution < 1.29 is 13.6 Å². The predicted octanol–water partition coefficient (Wildman–Crippen LogP) is 9.44.